The van der Waals surface area contributed by atoms with Crippen LogP contribution in [-0.4, -0.2) is 44.3 Å². The summed E-state index contributed by atoms with van der Waals surface area (Å²) in [7, 11) is 0. The molecule has 1 saturated heterocycles. The molecule has 6 nitrogen and oxygen atoms in total. The molecule has 1 fully saturated rings. The number of nitrogens with zero attached hydrogens (tertiary/aromatic N) is 3. The molecule has 1 N–H and O–H groups in total. The maximum atomic E-state index is 13.3. The Kier molecular flexibility index (Phi) is 4.73. The third-order valence-electron chi connectivity index (χ3n) is 5.37. The molecule has 3 rings (SSSR count). The zero-order valence-electron chi connectivity index (χ0n) is 15.5. The highest BCUT2D eigenvalue weighted by Crippen LogP contribution is 2.35. The highest BCUT2D eigenvalue weighted by molar-refractivity contribution is 5.96. The lowest BCUT2D eigenvalue weighted by molar-refractivity contribution is 0.0594. The topological polar surface area (TPSA) is 71.5 Å². The summed E-state index contributed by atoms with van der Waals surface area (Å²) in [5, 5.41) is 13.3. The number of aromatic nitrogens is 2. The summed E-state index contributed by atoms with van der Waals surface area (Å²) in [6, 6.07) is 3.81. The monoisotopic (exact) mass is 345 g/mol. The van der Waals surface area contributed by atoms with E-state index in [4.69, 9.17) is 4.52 Å². The zero-order chi connectivity index (χ0) is 18.2. The quantitative estimate of drug-likeness (QED) is 0.903. The average Bonchev–Trinajstić information content (AvgIpc) is 3.23. The van der Waals surface area contributed by atoms with E-state index in [0.717, 1.165) is 54.9 Å². The van der Waals surface area contributed by atoms with Crippen LogP contribution in [0.3, 0.4) is 0 Å². The van der Waals surface area contributed by atoms with Crippen LogP contribution in [0.5, 0.6) is 0 Å². The lowest BCUT2D eigenvalue weighted by Crippen LogP contribution is -2.45. The molecular weight excluding hydrogens is 318 g/mol. The fourth-order valence-corrected chi connectivity index (χ4v) is 4.03. The molecule has 0 aromatic carbocycles. The molecule has 0 radical (unpaired) electrons. The van der Waals surface area contributed by atoms with Gasteiger partial charge in [-0.15, -0.1) is 0 Å². The molecule has 1 atom stereocenters. The predicted octanol–water partition coefficient (Wildman–Crippen LogP) is 3.16. The van der Waals surface area contributed by atoms with Gasteiger partial charge in [0.1, 0.15) is 5.76 Å². The first-order valence-corrected chi connectivity index (χ1v) is 8.93. The number of hydrogen-bond donors (Lipinski definition) is 1. The molecule has 1 amide bonds. The van der Waals surface area contributed by atoms with Crippen LogP contribution in [0.4, 0.5) is 0 Å². The van der Waals surface area contributed by atoms with Crippen LogP contribution < -0.4 is 0 Å². The Morgan fingerprint density at radius 3 is 2.76 bits per heavy atom. The molecule has 0 bridgehead atoms. The lowest BCUT2D eigenvalue weighted by Gasteiger charge is -2.35. The molecule has 1 aliphatic rings. The van der Waals surface area contributed by atoms with Crippen molar-refractivity contribution in [3.05, 3.63) is 34.8 Å². The van der Waals surface area contributed by atoms with Gasteiger partial charge >= 0.3 is 0 Å². The number of carbonyl (C=O) groups is 1. The van der Waals surface area contributed by atoms with Crippen LogP contribution in [0, 0.1) is 20.8 Å². The van der Waals surface area contributed by atoms with Crippen molar-refractivity contribution in [2.75, 3.05) is 13.2 Å². The molecule has 0 spiro atoms. The van der Waals surface area contributed by atoms with E-state index in [9.17, 15) is 9.90 Å². The van der Waals surface area contributed by atoms with Gasteiger partial charge in [-0.1, -0.05) is 5.16 Å². The summed E-state index contributed by atoms with van der Waals surface area (Å²) in [6.45, 7) is 8.85. The van der Waals surface area contributed by atoms with Crippen molar-refractivity contribution in [3.8, 4) is 5.82 Å². The molecule has 25 heavy (non-hydrogen) atoms. The van der Waals surface area contributed by atoms with Crippen LogP contribution in [-0.2, 0) is 0 Å². The smallest absolute Gasteiger partial charge is 0.256 e. The summed E-state index contributed by atoms with van der Waals surface area (Å²) in [5.74, 6) is 1.51. The van der Waals surface area contributed by atoms with Gasteiger partial charge in [0, 0.05) is 36.1 Å². The molecule has 1 aliphatic heterocycles. The summed E-state index contributed by atoms with van der Waals surface area (Å²) >= 11 is 0. The van der Waals surface area contributed by atoms with Crippen LogP contribution in [0.2, 0.25) is 0 Å². The van der Waals surface area contributed by atoms with Gasteiger partial charge in [-0.2, -0.15) is 0 Å². The van der Waals surface area contributed by atoms with E-state index in [1.807, 2.05) is 42.4 Å². The number of amides is 1. The number of rotatable bonds is 5. The van der Waals surface area contributed by atoms with E-state index < -0.39 is 0 Å². The Bertz CT molecular complexity index is 777. The Morgan fingerprint density at radius 1 is 1.36 bits per heavy atom. The van der Waals surface area contributed by atoms with E-state index in [1.165, 1.54) is 0 Å². The maximum absolute atomic E-state index is 13.3. The Hall–Kier alpha value is -2.08. The second kappa shape index (κ2) is 6.67. The number of aliphatic hydroxyl groups is 1. The van der Waals surface area contributed by atoms with Gasteiger partial charge in [-0.3, -0.25) is 9.36 Å². The minimum absolute atomic E-state index is 0.0671. The van der Waals surface area contributed by atoms with Gasteiger partial charge in [0.15, 0.2) is 5.82 Å². The summed E-state index contributed by atoms with van der Waals surface area (Å²) in [4.78, 5) is 15.2. The number of aryl methyl sites for hydroxylation is 2. The Morgan fingerprint density at radius 2 is 2.12 bits per heavy atom. The maximum Gasteiger partial charge on any atom is 0.256 e. The predicted molar refractivity (Wildman–Crippen MR) is 95.0 cm³/mol. The average molecular weight is 345 g/mol. The molecular formula is C19H27N3O3. The number of likely N-dealkylation sites (tertiary alicyclic amines) is 1. The van der Waals surface area contributed by atoms with E-state index >= 15 is 0 Å². The van der Waals surface area contributed by atoms with Crippen LogP contribution in [0.1, 0.15) is 60.1 Å². The van der Waals surface area contributed by atoms with Crippen molar-refractivity contribution in [3.63, 3.8) is 0 Å². The third kappa shape index (κ3) is 3.11. The van der Waals surface area contributed by atoms with Gasteiger partial charge in [0.25, 0.3) is 5.91 Å². The Labute approximate surface area is 148 Å². The molecule has 0 saturated carbocycles. The molecule has 3 heterocycles. The second-order valence-corrected chi connectivity index (χ2v) is 7.30. The standard InChI is InChI=1S/C19H27N3O3/c1-13-11-16(15(3)22(13)17-12-14(2)25-20-17)18(24)21-9-5-7-19(21,4)8-6-10-23/h11-12,23H,5-10H2,1-4H3/t19-/m0/s1. The van der Waals surface area contributed by atoms with Gasteiger partial charge in [-0.25, -0.2) is 0 Å². The second-order valence-electron chi connectivity index (χ2n) is 7.30. The fourth-order valence-electron chi connectivity index (χ4n) is 4.03. The van der Waals surface area contributed by atoms with E-state index in [0.29, 0.717) is 5.82 Å². The molecule has 2 aromatic heterocycles. The van der Waals surface area contributed by atoms with Crippen molar-refractivity contribution >= 4 is 5.91 Å². The minimum atomic E-state index is -0.174. The zero-order valence-corrected chi connectivity index (χ0v) is 15.5. The minimum Gasteiger partial charge on any atom is -0.396 e. The number of hydrogen-bond acceptors (Lipinski definition) is 4. The molecule has 2 aromatic rings. The van der Waals surface area contributed by atoms with E-state index in [2.05, 4.69) is 12.1 Å². The van der Waals surface area contributed by atoms with E-state index in [1.54, 1.807) is 0 Å². The summed E-state index contributed by atoms with van der Waals surface area (Å²) in [5.41, 5.74) is 2.39. The number of aliphatic hydroxyl groups excluding tert-OH is 1. The third-order valence-corrected chi connectivity index (χ3v) is 5.37. The van der Waals surface area contributed by atoms with Crippen molar-refractivity contribution in [1.82, 2.24) is 14.6 Å². The van der Waals surface area contributed by atoms with Gasteiger partial charge in [0.2, 0.25) is 0 Å². The highest BCUT2D eigenvalue weighted by Gasteiger charge is 2.40. The summed E-state index contributed by atoms with van der Waals surface area (Å²) < 4.78 is 7.15. The van der Waals surface area contributed by atoms with Crippen molar-refractivity contribution in [2.45, 2.75) is 58.9 Å². The van der Waals surface area contributed by atoms with Crippen molar-refractivity contribution < 1.29 is 14.4 Å². The Balaban J connectivity index is 1.93. The first-order chi connectivity index (χ1) is 11.9. The fraction of sp³-hybridized carbons (Fsp3) is 0.579. The van der Waals surface area contributed by atoms with E-state index in [-0.39, 0.29) is 18.1 Å². The van der Waals surface area contributed by atoms with Crippen LogP contribution >= 0.6 is 0 Å². The van der Waals surface area contributed by atoms with Gasteiger partial charge in [0.05, 0.1) is 5.56 Å². The highest BCUT2D eigenvalue weighted by atomic mass is 16.5. The van der Waals surface area contributed by atoms with Crippen molar-refractivity contribution in [1.29, 1.82) is 0 Å². The van der Waals surface area contributed by atoms with Crippen LogP contribution in [0.25, 0.3) is 5.82 Å². The van der Waals surface area contributed by atoms with Crippen molar-refractivity contribution in [2.24, 2.45) is 0 Å². The summed E-state index contributed by atoms with van der Waals surface area (Å²) in [6.07, 6.45) is 3.54. The van der Waals surface area contributed by atoms with Crippen LogP contribution in [0.15, 0.2) is 16.7 Å². The van der Waals surface area contributed by atoms with Gasteiger partial charge in [-0.05, 0) is 59.4 Å². The largest absolute Gasteiger partial charge is 0.396 e. The molecule has 136 valence electrons. The SMILES string of the molecule is Cc1cc(-n2c(C)cc(C(=O)N3CCC[C@@]3(C)CCCO)c2C)no1. The lowest BCUT2D eigenvalue weighted by atomic mass is 9.92. The molecule has 6 heteroatoms. The normalized spacial score (nSPS) is 20.4. The van der Waals surface area contributed by atoms with Gasteiger partial charge < -0.3 is 14.5 Å². The first-order valence-electron chi connectivity index (χ1n) is 8.93. The number of carbonyl (C=O) groups excluding carboxylic acids is 1. The molecule has 0 unspecified atom stereocenters. The molecule has 0 aliphatic carbocycles. The first kappa shape index (κ1) is 17.7.